The summed E-state index contributed by atoms with van der Waals surface area (Å²) >= 11 is 1.18. The van der Waals surface area contributed by atoms with Gasteiger partial charge in [0.2, 0.25) is 0 Å². The second kappa shape index (κ2) is 11.1. The van der Waals surface area contributed by atoms with Crippen LogP contribution in [0, 0.1) is 5.41 Å². The minimum absolute atomic E-state index is 0.0629. The highest BCUT2D eigenvalue weighted by Crippen LogP contribution is 2.43. The molecule has 2 N–H and O–H groups in total. The van der Waals surface area contributed by atoms with E-state index in [1.165, 1.54) is 18.0 Å². The molecule has 1 saturated heterocycles. The summed E-state index contributed by atoms with van der Waals surface area (Å²) in [7, 11) is 0. The number of nitrogens with one attached hydrogen (secondary N) is 1. The number of hydrogen-bond acceptors (Lipinski definition) is 6. The Kier molecular flexibility index (Phi) is 7.75. The van der Waals surface area contributed by atoms with E-state index in [9.17, 15) is 23.1 Å². The summed E-state index contributed by atoms with van der Waals surface area (Å²) in [5, 5.41) is 10.1. The molecule has 1 aliphatic carbocycles. The molecule has 5 rings (SSSR count). The van der Waals surface area contributed by atoms with Crippen LogP contribution in [0.3, 0.4) is 0 Å². The number of nitrogens with zero attached hydrogens (tertiary/aromatic N) is 3. The summed E-state index contributed by atoms with van der Waals surface area (Å²) < 4.78 is 45.2. The Morgan fingerprint density at radius 2 is 1.74 bits per heavy atom. The molecule has 6 nitrogen and oxygen atoms in total. The van der Waals surface area contributed by atoms with Crippen LogP contribution in [0.2, 0.25) is 0 Å². The number of benzene rings is 1. The van der Waals surface area contributed by atoms with Crippen molar-refractivity contribution in [3.05, 3.63) is 65.7 Å². The van der Waals surface area contributed by atoms with Crippen LogP contribution < -0.4 is 9.62 Å². The molecule has 0 amide bonds. The molecule has 206 valence electrons. The van der Waals surface area contributed by atoms with E-state index in [0.29, 0.717) is 42.3 Å². The number of hydrogen-bond donors (Lipinski definition) is 2. The number of alkyl halides is 3. The van der Waals surface area contributed by atoms with Crippen molar-refractivity contribution in [2.45, 2.75) is 62.6 Å². The summed E-state index contributed by atoms with van der Waals surface area (Å²) in [6, 6.07) is 15.3. The SMILES string of the molecule is CC1(C(=O)O)CCN(c2cccc(SNc3ccc(C(F)(F)F)c(-c4ccccc4C4CCCC4)n3)n2)CC1. The number of rotatable bonds is 7. The highest BCUT2D eigenvalue weighted by Gasteiger charge is 2.37. The Labute approximate surface area is 230 Å². The third-order valence-corrected chi connectivity index (χ3v) is 8.64. The molecule has 0 atom stereocenters. The normalized spacial score (nSPS) is 17.8. The average Bonchev–Trinajstić information content (AvgIpc) is 3.47. The van der Waals surface area contributed by atoms with Crippen LogP contribution in [0.4, 0.5) is 24.8 Å². The van der Waals surface area contributed by atoms with Crippen molar-refractivity contribution in [1.29, 1.82) is 0 Å². The van der Waals surface area contributed by atoms with Crippen LogP contribution in [-0.2, 0) is 11.0 Å². The first kappa shape index (κ1) is 27.3. The van der Waals surface area contributed by atoms with E-state index in [1.54, 1.807) is 19.1 Å². The van der Waals surface area contributed by atoms with E-state index in [1.807, 2.05) is 30.3 Å². The molecular formula is C29H31F3N4O2S. The minimum Gasteiger partial charge on any atom is -0.481 e. The van der Waals surface area contributed by atoms with Gasteiger partial charge in [0.15, 0.2) is 0 Å². The molecule has 1 aliphatic heterocycles. The van der Waals surface area contributed by atoms with Gasteiger partial charge in [0.25, 0.3) is 0 Å². The Morgan fingerprint density at radius 1 is 1.03 bits per heavy atom. The molecule has 1 aromatic carbocycles. The molecule has 10 heteroatoms. The zero-order chi connectivity index (χ0) is 27.6. The second-order valence-electron chi connectivity index (χ2n) is 10.6. The fourth-order valence-electron chi connectivity index (χ4n) is 5.44. The van der Waals surface area contributed by atoms with Crippen LogP contribution in [0.5, 0.6) is 0 Å². The summed E-state index contributed by atoms with van der Waals surface area (Å²) in [5.74, 6) is 0.510. The van der Waals surface area contributed by atoms with Gasteiger partial charge in [-0.3, -0.25) is 4.79 Å². The van der Waals surface area contributed by atoms with E-state index in [4.69, 9.17) is 0 Å². The third-order valence-electron chi connectivity index (χ3n) is 7.89. The molecule has 0 unspecified atom stereocenters. The van der Waals surface area contributed by atoms with Crippen molar-refractivity contribution < 1.29 is 23.1 Å². The van der Waals surface area contributed by atoms with Crippen LogP contribution in [0.15, 0.2) is 59.6 Å². The number of aromatic nitrogens is 2. The summed E-state index contributed by atoms with van der Waals surface area (Å²) in [5.41, 5.74) is -0.0851. The van der Waals surface area contributed by atoms with Gasteiger partial charge in [0.05, 0.1) is 16.7 Å². The first-order valence-electron chi connectivity index (χ1n) is 13.2. The Balaban J connectivity index is 1.36. The quantitative estimate of drug-likeness (QED) is 0.290. The van der Waals surface area contributed by atoms with Crippen molar-refractivity contribution in [3.8, 4) is 11.3 Å². The van der Waals surface area contributed by atoms with E-state index >= 15 is 0 Å². The summed E-state index contributed by atoms with van der Waals surface area (Å²) in [4.78, 5) is 22.7. The van der Waals surface area contributed by atoms with Gasteiger partial charge >= 0.3 is 12.1 Å². The lowest BCUT2D eigenvalue weighted by Crippen LogP contribution is -2.43. The Morgan fingerprint density at radius 3 is 2.44 bits per heavy atom. The van der Waals surface area contributed by atoms with Gasteiger partial charge in [-0.05, 0) is 68.4 Å². The first-order chi connectivity index (χ1) is 18.6. The number of aliphatic carboxylic acids is 1. The number of carboxylic acid groups (broad SMARTS) is 1. The Hall–Kier alpha value is -3.27. The highest BCUT2D eigenvalue weighted by atomic mass is 32.2. The maximum atomic E-state index is 14.0. The van der Waals surface area contributed by atoms with Crippen molar-refractivity contribution >= 4 is 29.6 Å². The maximum absolute atomic E-state index is 14.0. The van der Waals surface area contributed by atoms with Gasteiger partial charge in [-0.1, -0.05) is 43.2 Å². The van der Waals surface area contributed by atoms with E-state index in [2.05, 4.69) is 19.6 Å². The molecule has 2 aliphatic rings. The number of carboxylic acids is 1. The monoisotopic (exact) mass is 556 g/mol. The standard InChI is InChI=1S/C29H31F3N4O2S/c1-28(27(37)38)15-17-36(18-16-28)24-11-6-12-25(34-24)39-35-23-14-13-22(29(30,31)32)26(33-23)21-10-5-4-9-20(21)19-7-2-3-8-19/h4-6,9-14,19H,2-3,7-8,15-18H2,1H3,(H,33,35)(H,37,38). The van der Waals surface area contributed by atoms with Gasteiger partial charge < -0.3 is 14.7 Å². The smallest absolute Gasteiger partial charge is 0.418 e. The van der Waals surface area contributed by atoms with Crippen LogP contribution in [0.25, 0.3) is 11.3 Å². The zero-order valence-corrected chi connectivity index (χ0v) is 22.5. The van der Waals surface area contributed by atoms with Crippen LogP contribution in [0.1, 0.15) is 62.5 Å². The minimum atomic E-state index is -4.53. The fraction of sp³-hybridized carbons (Fsp3) is 0.414. The lowest BCUT2D eigenvalue weighted by atomic mass is 9.80. The average molecular weight is 557 g/mol. The summed E-state index contributed by atoms with van der Waals surface area (Å²) in [6.07, 6.45) is 0.637. The topological polar surface area (TPSA) is 78.4 Å². The molecule has 39 heavy (non-hydrogen) atoms. The predicted molar refractivity (Wildman–Crippen MR) is 147 cm³/mol. The third kappa shape index (κ3) is 6.00. The molecule has 3 heterocycles. The number of piperidine rings is 1. The number of carbonyl (C=O) groups is 1. The van der Waals surface area contributed by atoms with Gasteiger partial charge in [0.1, 0.15) is 16.7 Å². The highest BCUT2D eigenvalue weighted by molar-refractivity contribution is 8.00. The van der Waals surface area contributed by atoms with Crippen LogP contribution >= 0.6 is 11.9 Å². The van der Waals surface area contributed by atoms with Crippen molar-refractivity contribution in [2.24, 2.45) is 5.41 Å². The molecular weight excluding hydrogens is 525 g/mol. The van der Waals surface area contributed by atoms with Crippen LogP contribution in [-0.4, -0.2) is 34.1 Å². The van der Waals surface area contributed by atoms with Gasteiger partial charge in [-0.2, -0.15) is 13.2 Å². The van der Waals surface area contributed by atoms with Gasteiger partial charge in [0, 0.05) is 30.6 Å². The largest absolute Gasteiger partial charge is 0.481 e. The van der Waals surface area contributed by atoms with E-state index < -0.39 is 23.1 Å². The van der Waals surface area contributed by atoms with Crippen molar-refractivity contribution in [2.75, 3.05) is 22.7 Å². The number of halogens is 3. The number of anilines is 2. The van der Waals surface area contributed by atoms with E-state index in [-0.39, 0.29) is 11.6 Å². The zero-order valence-electron chi connectivity index (χ0n) is 21.7. The van der Waals surface area contributed by atoms with E-state index in [0.717, 1.165) is 43.1 Å². The lowest BCUT2D eigenvalue weighted by Gasteiger charge is -2.37. The summed E-state index contributed by atoms with van der Waals surface area (Å²) in [6.45, 7) is 2.94. The molecule has 3 aromatic rings. The van der Waals surface area contributed by atoms with Crippen molar-refractivity contribution in [3.63, 3.8) is 0 Å². The van der Waals surface area contributed by atoms with Gasteiger partial charge in [-0.25, -0.2) is 9.97 Å². The number of pyridine rings is 2. The van der Waals surface area contributed by atoms with Gasteiger partial charge in [-0.15, -0.1) is 0 Å². The molecule has 2 aromatic heterocycles. The van der Waals surface area contributed by atoms with Crippen molar-refractivity contribution in [1.82, 2.24) is 9.97 Å². The molecule has 0 radical (unpaired) electrons. The maximum Gasteiger partial charge on any atom is 0.418 e. The Bertz CT molecular complexity index is 1340. The fourth-order valence-corrected chi connectivity index (χ4v) is 6.05. The lowest BCUT2D eigenvalue weighted by molar-refractivity contribution is -0.149. The molecule has 0 spiro atoms. The predicted octanol–water partition coefficient (Wildman–Crippen LogP) is 7.63. The molecule has 2 fully saturated rings. The molecule has 0 bridgehead atoms. The first-order valence-corrected chi connectivity index (χ1v) is 14.0. The second-order valence-corrected chi connectivity index (χ2v) is 11.4. The molecule has 1 saturated carbocycles.